The van der Waals surface area contributed by atoms with E-state index >= 15 is 0 Å². The normalized spacial score (nSPS) is 12.6. The van der Waals surface area contributed by atoms with Crippen molar-refractivity contribution in [2.75, 3.05) is 0 Å². The molecule has 0 heterocycles. The number of rotatable bonds is 0. The van der Waals surface area contributed by atoms with E-state index in [1.807, 2.05) is 0 Å². The molecule has 0 N–H and O–H groups in total. The average Bonchev–Trinajstić information content (AvgIpc) is 2.19. The van der Waals surface area contributed by atoms with Gasteiger partial charge in [0.25, 0.3) is 0 Å². The topological polar surface area (TPSA) is 0 Å². The Morgan fingerprint density at radius 2 is 1.71 bits per heavy atom. The molecule has 3 rings (SSSR count). The van der Waals surface area contributed by atoms with Crippen molar-refractivity contribution in [3.63, 3.8) is 0 Å². The second kappa shape index (κ2) is 3.63. The van der Waals surface area contributed by atoms with Crippen molar-refractivity contribution < 1.29 is 0 Å². The first kappa shape index (κ1) is 9.55. The van der Waals surface area contributed by atoms with Crippen molar-refractivity contribution in [3.8, 4) is 0 Å². The Labute approximate surface area is 94.9 Å². The molecule has 0 saturated heterocycles. The third-order valence-electron chi connectivity index (χ3n) is 2.66. The first-order chi connectivity index (χ1) is 6.45. The number of hydrogen-bond donors (Lipinski definition) is 0. The molecule has 0 nitrogen and oxygen atoms in total. The molecule has 1 atom stereocenters. The fourth-order valence-electron chi connectivity index (χ4n) is 2.07. The van der Waals surface area contributed by atoms with Crippen molar-refractivity contribution in [2.45, 2.75) is 6.42 Å². The van der Waals surface area contributed by atoms with Gasteiger partial charge in [-0.1, -0.05) is 48.6 Å². The molecule has 0 bridgehead atoms. The van der Waals surface area contributed by atoms with Crippen molar-refractivity contribution >= 4 is 34.8 Å². The molecule has 70 valence electrons. The van der Waals surface area contributed by atoms with E-state index < -0.39 is 0 Å². The SMILES string of the molecule is C1=Cc2cccc3cccc(c23)C1.[AsH3]. The van der Waals surface area contributed by atoms with Gasteiger partial charge in [-0.3, -0.25) is 0 Å². The minimum absolute atomic E-state index is 0. The van der Waals surface area contributed by atoms with Crippen LogP contribution in [0.25, 0.3) is 16.8 Å². The van der Waals surface area contributed by atoms with Crippen LogP contribution in [0, 0.1) is 0 Å². The summed E-state index contributed by atoms with van der Waals surface area (Å²) >= 11 is 0. The van der Waals surface area contributed by atoms with Crippen LogP contribution in [0.15, 0.2) is 42.5 Å². The Bertz CT molecular complexity index is 492. The first-order valence-electron chi connectivity index (χ1n) is 4.62. The van der Waals surface area contributed by atoms with Crippen LogP contribution >= 0.6 is 0 Å². The van der Waals surface area contributed by atoms with E-state index in [9.17, 15) is 0 Å². The fraction of sp³-hybridized carbons (Fsp3) is 0.0769. The summed E-state index contributed by atoms with van der Waals surface area (Å²) in [4.78, 5) is 0. The van der Waals surface area contributed by atoms with Crippen molar-refractivity contribution in [1.29, 1.82) is 0 Å². The van der Waals surface area contributed by atoms with Crippen molar-refractivity contribution in [2.24, 2.45) is 0 Å². The Balaban J connectivity index is 0.000000750. The van der Waals surface area contributed by atoms with Crippen molar-refractivity contribution in [3.05, 3.63) is 53.6 Å². The van der Waals surface area contributed by atoms with Crippen molar-refractivity contribution in [1.82, 2.24) is 0 Å². The van der Waals surface area contributed by atoms with Gasteiger partial charge in [0.2, 0.25) is 0 Å². The monoisotopic (exact) mass is 244 g/mol. The molecule has 2 aromatic carbocycles. The van der Waals surface area contributed by atoms with Gasteiger partial charge in [0.1, 0.15) is 0 Å². The van der Waals surface area contributed by atoms with Gasteiger partial charge in [-0.2, -0.15) is 0 Å². The molecular formula is C13H13As. The molecule has 0 aromatic heterocycles. The Kier molecular flexibility index (Phi) is 2.48. The fourth-order valence-corrected chi connectivity index (χ4v) is 2.07. The second-order valence-corrected chi connectivity index (χ2v) is 3.47. The van der Waals surface area contributed by atoms with Crippen LogP contribution in [0.5, 0.6) is 0 Å². The quantitative estimate of drug-likeness (QED) is 0.623. The van der Waals surface area contributed by atoms with Gasteiger partial charge in [0.15, 0.2) is 0 Å². The summed E-state index contributed by atoms with van der Waals surface area (Å²) in [5.74, 6) is 0. The van der Waals surface area contributed by atoms with Crippen LogP contribution in [-0.2, 0) is 6.42 Å². The molecule has 1 heteroatoms. The van der Waals surface area contributed by atoms with Gasteiger partial charge in [0, 0.05) is 0 Å². The molecule has 1 aliphatic carbocycles. The molecule has 1 aliphatic rings. The molecule has 0 radical (unpaired) electrons. The van der Waals surface area contributed by atoms with Crippen LogP contribution < -0.4 is 0 Å². The number of allylic oxidation sites excluding steroid dienone is 1. The van der Waals surface area contributed by atoms with E-state index in [2.05, 4.69) is 48.6 Å². The summed E-state index contributed by atoms with van der Waals surface area (Å²) in [6.45, 7) is 0. The standard InChI is InChI=1S/C13H10.AsH3/c1-4-10-6-2-8-12-9-3-7-11(5-1)13(10)12;/h1-8H,9H2;1H3. The van der Waals surface area contributed by atoms with Gasteiger partial charge in [-0.15, -0.1) is 0 Å². The third kappa shape index (κ3) is 1.31. The molecule has 0 fully saturated rings. The average molecular weight is 244 g/mol. The van der Waals surface area contributed by atoms with Gasteiger partial charge >= 0.3 is 18.0 Å². The molecule has 0 aliphatic heterocycles. The maximum atomic E-state index is 2.23. The summed E-state index contributed by atoms with van der Waals surface area (Å²) in [5, 5.41) is 2.80. The Morgan fingerprint density at radius 3 is 2.57 bits per heavy atom. The Hall–Kier alpha value is -1.00. The summed E-state index contributed by atoms with van der Waals surface area (Å²) in [7, 11) is 0. The van der Waals surface area contributed by atoms with Crippen LogP contribution in [0.4, 0.5) is 0 Å². The van der Waals surface area contributed by atoms with Crippen LogP contribution in [-0.4, -0.2) is 18.0 Å². The number of hydrogen-bond acceptors (Lipinski definition) is 0. The zero-order valence-corrected chi connectivity index (χ0v) is 11.0. The molecular weight excluding hydrogens is 231 g/mol. The zero-order chi connectivity index (χ0) is 8.67. The van der Waals surface area contributed by atoms with Gasteiger partial charge in [-0.25, -0.2) is 0 Å². The number of benzene rings is 2. The van der Waals surface area contributed by atoms with Gasteiger partial charge < -0.3 is 0 Å². The molecule has 0 amide bonds. The molecule has 1 unspecified atom stereocenters. The first-order valence-corrected chi connectivity index (χ1v) is 4.62. The second-order valence-electron chi connectivity index (χ2n) is 3.47. The molecule has 2 aromatic rings. The van der Waals surface area contributed by atoms with E-state index in [1.165, 1.54) is 21.9 Å². The van der Waals surface area contributed by atoms with Crippen LogP contribution in [0.2, 0.25) is 0 Å². The third-order valence-corrected chi connectivity index (χ3v) is 2.66. The van der Waals surface area contributed by atoms with Crippen LogP contribution in [0.3, 0.4) is 0 Å². The predicted molar refractivity (Wildman–Crippen MR) is 66.6 cm³/mol. The van der Waals surface area contributed by atoms with E-state index in [1.54, 1.807) is 0 Å². The molecule has 0 spiro atoms. The molecule has 14 heavy (non-hydrogen) atoms. The van der Waals surface area contributed by atoms with Gasteiger partial charge in [0.05, 0.1) is 0 Å². The minimum atomic E-state index is 0. The summed E-state index contributed by atoms with van der Waals surface area (Å²) < 4.78 is 0. The van der Waals surface area contributed by atoms with Gasteiger partial charge in [-0.05, 0) is 28.3 Å². The molecule has 0 saturated carbocycles. The van der Waals surface area contributed by atoms with E-state index in [-0.39, 0.29) is 18.0 Å². The summed E-state index contributed by atoms with van der Waals surface area (Å²) in [6.07, 6.45) is 5.53. The predicted octanol–water partition coefficient (Wildman–Crippen LogP) is 2.23. The van der Waals surface area contributed by atoms with E-state index in [0.717, 1.165) is 6.42 Å². The summed E-state index contributed by atoms with van der Waals surface area (Å²) in [5.41, 5.74) is 2.81. The van der Waals surface area contributed by atoms with E-state index in [4.69, 9.17) is 0 Å². The maximum absolute atomic E-state index is 2.23. The Morgan fingerprint density at radius 1 is 0.929 bits per heavy atom. The zero-order valence-electron chi connectivity index (χ0n) is 8.03. The summed E-state index contributed by atoms with van der Waals surface area (Å²) in [6, 6.07) is 13.0. The van der Waals surface area contributed by atoms with E-state index in [0.29, 0.717) is 0 Å². The van der Waals surface area contributed by atoms with Crippen LogP contribution in [0.1, 0.15) is 11.1 Å².